The molecule has 0 aromatic carbocycles. The van der Waals surface area contributed by atoms with Crippen LogP contribution in [0, 0.1) is 0 Å². The Morgan fingerprint density at radius 3 is 1.56 bits per heavy atom. The molecule has 0 bridgehead atoms. The van der Waals surface area contributed by atoms with Crippen molar-refractivity contribution in [1.29, 1.82) is 0 Å². The van der Waals surface area contributed by atoms with Gasteiger partial charge >= 0.3 is 48.4 Å². The molecule has 1 N–H and O–H groups in total. The average Bonchev–Trinajstić information content (AvgIpc) is 2.65. The molecule has 1 rings (SSSR count). The number of rotatable bonds is 8. The summed E-state index contributed by atoms with van der Waals surface area (Å²) in [6.07, 6.45) is -37.3. The minimum Gasteiger partial charge on any atom is -0.319 e. The van der Waals surface area contributed by atoms with Crippen LogP contribution >= 0.6 is 0 Å². The van der Waals surface area contributed by atoms with Crippen LogP contribution in [0.4, 0.5) is 80.3 Å². The molecule has 22 heteroatoms. The highest BCUT2D eigenvalue weighted by Crippen LogP contribution is 2.56. The van der Waals surface area contributed by atoms with Crippen LogP contribution < -0.4 is 5.32 Å². The maximum Gasteiger partial charge on any atom is 0.462 e. The normalized spacial score (nSPS) is 17.8. The highest BCUT2D eigenvalue weighted by molar-refractivity contribution is 5.96. The van der Waals surface area contributed by atoms with E-state index in [-0.39, 0.29) is 0 Å². The van der Waals surface area contributed by atoms with Crippen LogP contribution in [0.25, 0.3) is 0 Å². The molecule has 0 unspecified atom stereocenters. The van der Waals surface area contributed by atoms with E-state index in [1.165, 1.54) is 4.74 Å². The van der Waals surface area contributed by atoms with Crippen LogP contribution in [-0.2, 0) is 14.3 Å². The van der Waals surface area contributed by atoms with Crippen molar-refractivity contribution in [2.75, 3.05) is 5.32 Å². The smallest absolute Gasteiger partial charge is 0.319 e. The number of halogens is 17. The molecule has 5 nitrogen and oxygen atoms in total. The number of carbonyl (C=O) groups is 1. The summed E-state index contributed by atoms with van der Waals surface area (Å²) in [6, 6.07) is 1.36. The second kappa shape index (κ2) is 9.03. The molecular formula is C14H5F17N2O3. The highest BCUT2D eigenvalue weighted by atomic mass is 19.4. The van der Waals surface area contributed by atoms with Gasteiger partial charge in [-0.1, -0.05) is 0 Å². The summed E-state index contributed by atoms with van der Waals surface area (Å²) in [4.78, 5) is 14.7. The number of alkyl halides is 17. The van der Waals surface area contributed by atoms with E-state index in [2.05, 4.69) is 4.98 Å². The molecule has 208 valence electrons. The number of nitrogens with zero attached hydrogens (tertiary/aromatic N) is 1. The first-order valence-electron chi connectivity index (χ1n) is 7.99. The molecule has 0 aliphatic carbocycles. The zero-order valence-electron chi connectivity index (χ0n) is 15.9. The Labute approximate surface area is 185 Å². The van der Waals surface area contributed by atoms with E-state index in [1.54, 1.807) is 0 Å². The molecule has 1 aromatic rings. The quantitative estimate of drug-likeness (QED) is 0.395. The summed E-state index contributed by atoms with van der Waals surface area (Å²) in [5.41, 5.74) is -1.00. The Hall–Kier alpha value is -2.65. The summed E-state index contributed by atoms with van der Waals surface area (Å²) in [7, 11) is 0. The molecule has 36 heavy (non-hydrogen) atoms. The van der Waals surface area contributed by atoms with Gasteiger partial charge < -0.3 is 5.32 Å². The van der Waals surface area contributed by atoms with Crippen molar-refractivity contribution < 1.29 is 88.9 Å². The molecule has 0 saturated heterocycles. The summed E-state index contributed by atoms with van der Waals surface area (Å²) in [6.45, 7) is 0. The lowest BCUT2D eigenvalue weighted by Crippen LogP contribution is -2.68. The van der Waals surface area contributed by atoms with Crippen molar-refractivity contribution in [2.45, 2.75) is 48.4 Å². The number of hydrogen-bond acceptors (Lipinski definition) is 4. The highest BCUT2D eigenvalue weighted by Gasteiger charge is 2.85. The molecule has 0 aliphatic rings. The van der Waals surface area contributed by atoms with Crippen molar-refractivity contribution in [1.82, 2.24) is 4.98 Å². The first-order valence-corrected chi connectivity index (χ1v) is 7.99. The van der Waals surface area contributed by atoms with Crippen LogP contribution in [0.1, 0.15) is 0 Å². The lowest BCUT2D eigenvalue weighted by molar-refractivity contribution is -0.548. The number of hydrogen-bond donors (Lipinski definition) is 1. The molecule has 1 amide bonds. The first kappa shape index (κ1) is 31.4. The Balaban J connectivity index is 3.61. The van der Waals surface area contributed by atoms with Crippen molar-refractivity contribution in [3.05, 3.63) is 24.5 Å². The third-order valence-corrected chi connectivity index (χ3v) is 3.57. The SMILES string of the molecule is O=C(Nc1cccnc1)[C@@](F)(OC(F)(F)[C@@](F)(OC(F)(F)C(F)(F)C(F)(F)F)C(F)(F)F)C(F)(F)F. The monoisotopic (exact) mass is 572 g/mol. The lowest BCUT2D eigenvalue weighted by Gasteiger charge is -2.40. The predicted molar refractivity (Wildman–Crippen MR) is 75.7 cm³/mol. The van der Waals surface area contributed by atoms with E-state index in [1.807, 2.05) is 4.74 Å². The maximum atomic E-state index is 14.3. The topological polar surface area (TPSA) is 60.5 Å². The average molecular weight is 572 g/mol. The van der Waals surface area contributed by atoms with Gasteiger partial charge in [0.15, 0.2) is 0 Å². The number of anilines is 1. The van der Waals surface area contributed by atoms with E-state index >= 15 is 0 Å². The Kier molecular flexibility index (Phi) is 7.87. The number of carbonyl (C=O) groups excluding carboxylic acids is 1. The molecule has 0 fully saturated rings. The largest absolute Gasteiger partial charge is 0.462 e. The van der Waals surface area contributed by atoms with Crippen LogP contribution in [0.15, 0.2) is 24.5 Å². The minimum atomic E-state index is -8.06. The molecule has 1 aromatic heterocycles. The van der Waals surface area contributed by atoms with Gasteiger partial charge in [-0.05, 0) is 12.1 Å². The third-order valence-electron chi connectivity index (χ3n) is 3.57. The fraction of sp³-hybridized carbons (Fsp3) is 0.571. The van der Waals surface area contributed by atoms with E-state index in [0.29, 0.717) is 12.3 Å². The molecule has 0 spiro atoms. The zero-order valence-corrected chi connectivity index (χ0v) is 15.9. The third kappa shape index (κ3) is 5.52. The van der Waals surface area contributed by atoms with Crippen molar-refractivity contribution in [3.63, 3.8) is 0 Å². The summed E-state index contributed by atoms with van der Waals surface area (Å²) in [5, 5.41) is 0.778. The van der Waals surface area contributed by atoms with Gasteiger partial charge in [0.05, 0.1) is 11.9 Å². The van der Waals surface area contributed by atoms with Crippen LogP contribution in [0.5, 0.6) is 0 Å². The van der Waals surface area contributed by atoms with E-state index in [9.17, 15) is 79.4 Å². The fourth-order valence-electron chi connectivity index (χ4n) is 1.81. The number of nitrogens with one attached hydrogen (secondary N) is 1. The summed E-state index contributed by atoms with van der Waals surface area (Å²) >= 11 is 0. The Morgan fingerprint density at radius 2 is 1.19 bits per heavy atom. The molecule has 0 radical (unpaired) electrons. The fourth-order valence-corrected chi connectivity index (χ4v) is 1.81. The van der Waals surface area contributed by atoms with Crippen molar-refractivity contribution in [2.24, 2.45) is 0 Å². The van der Waals surface area contributed by atoms with Gasteiger partial charge in [0.25, 0.3) is 5.91 Å². The summed E-state index contributed by atoms with van der Waals surface area (Å²) in [5.74, 6) is -26.3. The van der Waals surface area contributed by atoms with Gasteiger partial charge in [-0.25, -0.2) is 0 Å². The maximum absolute atomic E-state index is 14.3. The second-order valence-electron chi connectivity index (χ2n) is 6.19. The van der Waals surface area contributed by atoms with Crippen LogP contribution in [-0.4, -0.2) is 59.3 Å². The molecular weight excluding hydrogens is 567 g/mol. The van der Waals surface area contributed by atoms with Crippen LogP contribution in [0.3, 0.4) is 0 Å². The lowest BCUT2D eigenvalue weighted by atomic mass is 10.2. The molecule has 2 atom stereocenters. The number of amides is 1. The van der Waals surface area contributed by atoms with Gasteiger partial charge in [-0.2, -0.15) is 74.6 Å². The number of aromatic nitrogens is 1. The van der Waals surface area contributed by atoms with E-state index in [4.69, 9.17) is 0 Å². The Morgan fingerprint density at radius 1 is 0.694 bits per heavy atom. The van der Waals surface area contributed by atoms with Gasteiger partial charge in [0.1, 0.15) is 0 Å². The van der Waals surface area contributed by atoms with Crippen molar-refractivity contribution in [3.8, 4) is 0 Å². The zero-order chi connectivity index (χ0) is 28.8. The molecule has 0 aliphatic heterocycles. The summed E-state index contributed by atoms with van der Waals surface area (Å²) < 4.78 is 225. The van der Waals surface area contributed by atoms with Gasteiger partial charge in [-0.15, -0.1) is 0 Å². The van der Waals surface area contributed by atoms with Gasteiger partial charge in [-0.3, -0.25) is 19.3 Å². The van der Waals surface area contributed by atoms with Gasteiger partial charge in [0, 0.05) is 6.20 Å². The Bertz CT molecular complexity index is 929. The number of pyridine rings is 1. The second-order valence-corrected chi connectivity index (χ2v) is 6.19. The molecule has 1 heterocycles. The minimum absolute atomic E-state index is 0.380. The van der Waals surface area contributed by atoms with Gasteiger partial charge in [0.2, 0.25) is 0 Å². The van der Waals surface area contributed by atoms with E-state index in [0.717, 1.165) is 17.6 Å². The van der Waals surface area contributed by atoms with E-state index < -0.39 is 60.0 Å². The first-order chi connectivity index (χ1) is 15.7. The molecule has 0 saturated carbocycles. The van der Waals surface area contributed by atoms with Crippen LogP contribution in [0.2, 0.25) is 0 Å². The van der Waals surface area contributed by atoms with Crippen molar-refractivity contribution >= 4 is 11.6 Å². The number of ether oxygens (including phenoxy) is 2. The standard InChI is InChI=1S/C14H5F17N2O3/c15-7(10(19,20)21,6(34)33-5-2-1-3-32-4-5)35-14(30,31)9(18,12(25,26)27)36-13(28,29)8(16,17)11(22,23)24/h1-4H,(H,33,34)/t7-,9+/m1/s1. The predicted octanol–water partition coefficient (Wildman–Crippen LogP) is 5.89.